The topological polar surface area (TPSA) is 17.1 Å². The van der Waals surface area contributed by atoms with E-state index in [1.54, 1.807) is 0 Å². The Morgan fingerprint density at radius 3 is 2.35 bits per heavy atom. The van der Waals surface area contributed by atoms with Gasteiger partial charge >= 0.3 is 0 Å². The second-order valence-corrected chi connectivity index (χ2v) is 8.17. The smallest absolute Gasteiger partial charge is 0.141 e. The zero-order valence-corrected chi connectivity index (χ0v) is 14.1. The summed E-state index contributed by atoms with van der Waals surface area (Å²) in [6.07, 6.45) is 1.53. The average molecular weight is 275 g/mol. The van der Waals surface area contributed by atoms with Crippen LogP contribution in [0.4, 0.5) is 0 Å². The molecule has 0 spiro atoms. The molecule has 0 fully saturated rings. The first-order chi connectivity index (χ1) is 9.40. The highest BCUT2D eigenvalue weighted by atomic mass is 16.1. The number of ketones is 1. The summed E-state index contributed by atoms with van der Waals surface area (Å²) < 4.78 is 8.08. The molecule has 0 heterocycles. The molecule has 0 aliphatic carbocycles. The number of benzene rings is 1. The minimum absolute atomic E-state index is 0.0177. The molecular weight excluding hydrogens is 244 g/mol. The molecule has 1 nitrogen and oxygen atoms in total. The van der Waals surface area contributed by atoms with Crippen molar-refractivity contribution in [2.75, 3.05) is 0 Å². The lowest BCUT2D eigenvalue weighted by atomic mass is 9.73. The summed E-state index contributed by atoms with van der Waals surface area (Å²) in [4.78, 5) is 12.8. The Hall–Kier alpha value is -1.11. The van der Waals surface area contributed by atoms with Gasteiger partial charge in [0.2, 0.25) is 0 Å². The Bertz CT molecular complexity index is 503. The highest BCUT2D eigenvalue weighted by molar-refractivity contribution is 5.86. The van der Waals surface area contributed by atoms with Gasteiger partial charge in [-0.3, -0.25) is 4.79 Å². The number of rotatable bonds is 4. The van der Waals surface area contributed by atoms with Crippen LogP contribution in [-0.4, -0.2) is 5.78 Å². The zero-order chi connectivity index (χ0) is 16.4. The highest BCUT2D eigenvalue weighted by Gasteiger charge is 2.32. The van der Waals surface area contributed by atoms with Crippen LogP contribution in [0.15, 0.2) is 24.2 Å². The molecule has 1 atom stereocenters. The second-order valence-electron chi connectivity index (χ2n) is 8.17. The third-order valence-corrected chi connectivity index (χ3v) is 3.45. The molecule has 0 unspecified atom stereocenters. The monoisotopic (exact) mass is 275 g/mol. The molecule has 1 heteroatoms. The molecule has 0 radical (unpaired) electrons. The van der Waals surface area contributed by atoms with E-state index in [-0.39, 0.29) is 16.7 Å². The average Bonchev–Trinajstić information content (AvgIpc) is 2.29. The summed E-state index contributed by atoms with van der Waals surface area (Å²) in [5.74, 6) is 0.286. The zero-order valence-electron chi connectivity index (χ0n) is 15.1. The van der Waals surface area contributed by atoms with E-state index in [4.69, 9.17) is 1.37 Å². The van der Waals surface area contributed by atoms with Crippen molar-refractivity contribution in [1.29, 1.82) is 0 Å². The molecule has 0 aliphatic heterocycles. The first-order valence-corrected chi connectivity index (χ1v) is 7.50. The van der Waals surface area contributed by atoms with E-state index in [0.717, 1.165) is 17.5 Å². The number of carbonyl (C=O) groups is 1. The van der Waals surface area contributed by atoms with Crippen LogP contribution in [0.25, 0.3) is 0 Å². The predicted molar refractivity (Wildman–Crippen MR) is 86.9 cm³/mol. The van der Waals surface area contributed by atoms with Gasteiger partial charge in [0, 0.05) is 11.3 Å². The summed E-state index contributed by atoms with van der Waals surface area (Å²) in [5, 5.41) is 0. The van der Waals surface area contributed by atoms with Gasteiger partial charge in [-0.2, -0.15) is 0 Å². The first-order valence-electron chi connectivity index (χ1n) is 8.00. The molecule has 0 aliphatic rings. The van der Waals surface area contributed by atoms with E-state index >= 15 is 0 Å². The third-order valence-electron chi connectivity index (χ3n) is 3.45. The van der Waals surface area contributed by atoms with E-state index in [1.165, 1.54) is 0 Å². The van der Waals surface area contributed by atoms with Gasteiger partial charge in [0.05, 0.1) is 1.37 Å². The fourth-order valence-electron chi connectivity index (χ4n) is 2.64. The van der Waals surface area contributed by atoms with Crippen molar-refractivity contribution in [2.24, 2.45) is 16.7 Å². The van der Waals surface area contributed by atoms with Gasteiger partial charge in [-0.25, -0.2) is 0 Å². The predicted octanol–water partition coefficient (Wildman–Crippen LogP) is 5.21. The summed E-state index contributed by atoms with van der Waals surface area (Å²) in [5.41, 5.74) is 1.92. The Kier molecular flexibility index (Phi) is 4.67. The van der Waals surface area contributed by atoms with Crippen molar-refractivity contribution >= 4 is 5.78 Å². The molecule has 0 aromatic heterocycles. The fraction of sp³-hybridized carbons (Fsp3) is 0.632. The van der Waals surface area contributed by atoms with Gasteiger partial charge in [0.1, 0.15) is 5.78 Å². The normalized spacial score (nSPS) is 14.8. The van der Waals surface area contributed by atoms with Gasteiger partial charge < -0.3 is 0 Å². The molecule has 1 aromatic carbocycles. The Morgan fingerprint density at radius 1 is 1.25 bits per heavy atom. The molecule has 0 amide bonds. The van der Waals surface area contributed by atoms with Gasteiger partial charge in [0.15, 0.2) is 0 Å². The minimum Gasteiger partial charge on any atom is -0.299 e. The van der Waals surface area contributed by atoms with Crippen molar-refractivity contribution in [3.63, 3.8) is 0 Å². The quantitative estimate of drug-likeness (QED) is 0.737. The highest BCUT2D eigenvalue weighted by Crippen LogP contribution is 2.32. The van der Waals surface area contributed by atoms with E-state index in [1.807, 2.05) is 45.9 Å². The molecule has 20 heavy (non-hydrogen) atoms. The lowest BCUT2D eigenvalue weighted by Crippen LogP contribution is -2.32. The van der Waals surface area contributed by atoms with Crippen LogP contribution in [0.5, 0.6) is 0 Å². The molecule has 1 aromatic rings. The SMILES string of the molecule is [2H]c1ccc(C)cc1C[C@H](CC(C)(C)C)C(=O)C(C)(C)C. The van der Waals surface area contributed by atoms with E-state index in [9.17, 15) is 4.79 Å². The van der Waals surface area contributed by atoms with E-state index in [0.29, 0.717) is 18.2 Å². The maximum absolute atomic E-state index is 12.8. The molecule has 0 saturated carbocycles. The first kappa shape index (κ1) is 15.3. The van der Waals surface area contributed by atoms with Crippen LogP contribution in [0.3, 0.4) is 0 Å². The summed E-state index contributed by atoms with van der Waals surface area (Å²) >= 11 is 0. The van der Waals surface area contributed by atoms with Gasteiger partial charge in [-0.05, 0) is 30.7 Å². The minimum atomic E-state index is -0.331. The largest absolute Gasteiger partial charge is 0.299 e. The second kappa shape index (κ2) is 6.11. The van der Waals surface area contributed by atoms with Crippen molar-refractivity contribution in [3.05, 3.63) is 35.4 Å². The van der Waals surface area contributed by atoms with Gasteiger partial charge in [-0.15, -0.1) is 0 Å². The molecule has 112 valence electrons. The summed E-state index contributed by atoms with van der Waals surface area (Å²) in [6, 6.07) is 6.38. The number of hydrogen-bond donors (Lipinski definition) is 0. The van der Waals surface area contributed by atoms with Crippen LogP contribution < -0.4 is 0 Å². The Morgan fingerprint density at radius 2 is 1.85 bits per heavy atom. The van der Waals surface area contributed by atoms with Crippen LogP contribution in [0.1, 0.15) is 60.5 Å². The molecule has 0 bridgehead atoms. The van der Waals surface area contributed by atoms with Gasteiger partial charge in [-0.1, -0.05) is 71.3 Å². The number of carbonyl (C=O) groups excluding carboxylic acids is 1. The summed E-state index contributed by atoms with van der Waals surface area (Å²) in [6.45, 7) is 14.5. The van der Waals surface area contributed by atoms with Crippen molar-refractivity contribution in [1.82, 2.24) is 0 Å². The number of Topliss-reactive ketones (excluding diaryl/α,β-unsaturated/α-hetero) is 1. The fourth-order valence-corrected chi connectivity index (χ4v) is 2.64. The van der Waals surface area contributed by atoms with Crippen molar-refractivity contribution in [2.45, 2.75) is 61.3 Å². The van der Waals surface area contributed by atoms with Crippen LogP contribution in [-0.2, 0) is 11.2 Å². The maximum Gasteiger partial charge on any atom is 0.141 e. The molecule has 0 N–H and O–H groups in total. The van der Waals surface area contributed by atoms with Crippen molar-refractivity contribution in [3.8, 4) is 0 Å². The van der Waals surface area contributed by atoms with E-state index < -0.39 is 0 Å². The molecule has 0 saturated heterocycles. The van der Waals surface area contributed by atoms with Crippen LogP contribution >= 0.6 is 0 Å². The number of hydrogen-bond acceptors (Lipinski definition) is 1. The molecule has 1 rings (SSSR count). The summed E-state index contributed by atoms with van der Waals surface area (Å²) in [7, 11) is 0. The maximum atomic E-state index is 12.8. The van der Waals surface area contributed by atoms with E-state index in [2.05, 4.69) is 20.8 Å². The lowest BCUT2D eigenvalue weighted by Gasteiger charge is -2.30. The standard InChI is InChI=1S/C19H30O/c1-14-9-8-10-15(11-14)12-16(13-18(2,3)4)17(20)19(5,6)7/h8-11,16H,12-13H2,1-7H3/t16-/m1/s1/i10D. The van der Waals surface area contributed by atoms with Crippen molar-refractivity contribution < 1.29 is 6.17 Å². The van der Waals surface area contributed by atoms with Gasteiger partial charge in [0.25, 0.3) is 0 Å². The van der Waals surface area contributed by atoms with Crippen LogP contribution in [0, 0.1) is 23.7 Å². The Labute approximate surface area is 126 Å². The molecular formula is C19H30O. The third kappa shape index (κ3) is 5.48. The number of aryl methyl sites for hydroxylation is 1. The lowest BCUT2D eigenvalue weighted by molar-refractivity contribution is -0.131. The Balaban J connectivity index is 3.08. The van der Waals surface area contributed by atoms with Crippen LogP contribution in [0.2, 0.25) is 0 Å².